The fraction of sp³-hybridized carbons (Fsp3) is 0.300. The highest BCUT2D eigenvalue weighted by atomic mass is 16.5. The van der Waals surface area contributed by atoms with E-state index in [2.05, 4.69) is 71.9 Å². The highest BCUT2D eigenvalue weighted by molar-refractivity contribution is 5.84. The van der Waals surface area contributed by atoms with Crippen LogP contribution < -0.4 is 15.0 Å². The zero-order valence-electron chi connectivity index (χ0n) is 14.6. The molecule has 0 spiro atoms. The molecule has 0 aliphatic heterocycles. The van der Waals surface area contributed by atoms with Crippen LogP contribution >= 0.6 is 0 Å². The molecule has 0 atom stereocenters. The van der Waals surface area contributed by atoms with Crippen molar-refractivity contribution in [3.05, 3.63) is 59.8 Å². The number of aromatic nitrogens is 1. The Balaban J connectivity index is 1.55. The van der Waals surface area contributed by atoms with Gasteiger partial charge >= 0.3 is 0 Å². The summed E-state index contributed by atoms with van der Waals surface area (Å²) in [6.07, 6.45) is 3.08. The maximum Gasteiger partial charge on any atom is 0.119 e. The fourth-order valence-electron chi connectivity index (χ4n) is 2.86. The van der Waals surface area contributed by atoms with E-state index < -0.39 is 0 Å². The van der Waals surface area contributed by atoms with Crippen molar-refractivity contribution in [1.82, 2.24) is 10.3 Å². The second-order valence-corrected chi connectivity index (χ2v) is 6.21. The predicted molar refractivity (Wildman–Crippen MR) is 101 cm³/mol. The molecule has 4 nitrogen and oxygen atoms in total. The Morgan fingerprint density at radius 2 is 1.88 bits per heavy atom. The molecule has 126 valence electrons. The number of ether oxygens (including phenoxy) is 1. The highest BCUT2D eigenvalue weighted by Crippen LogP contribution is 2.23. The van der Waals surface area contributed by atoms with Gasteiger partial charge < -0.3 is 19.9 Å². The van der Waals surface area contributed by atoms with E-state index in [1.807, 2.05) is 6.07 Å². The van der Waals surface area contributed by atoms with Crippen molar-refractivity contribution < 1.29 is 4.74 Å². The van der Waals surface area contributed by atoms with E-state index in [1.54, 1.807) is 7.11 Å². The minimum absolute atomic E-state index is 0.888. The van der Waals surface area contributed by atoms with Gasteiger partial charge in [-0.25, -0.2) is 0 Å². The number of benzene rings is 2. The van der Waals surface area contributed by atoms with Gasteiger partial charge in [-0.2, -0.15) is 0 Å². The Morgan fingerprint density at radius 3 is 2.58 bits per heavy atom. The summed E-state index contributed by atoms with van der Waals surface area (Å²) in [7, 11) is 5.82. The summed E-state index contributed by atoms with van der Waals surface area (Å²) in [4.78, 5) is 5.44. The minimum Gasteiger partial charge on any atom is -0.497 e. The van der Waals surface area contributed by atoms with E-state index in [0.29, 0.717) is 0 Å². The zero-order valence-corrected chi connectivity index (χ0v) is 14.6. The van der Waals surface area contributed by atoms with E-state index >= 15 is 0 Å². The van der Waals surface area contributed by atoms with Crippen LogP contribution in [-0.2, 0) is 13.0 Å². The molecule has 0 radical (unpaired) electrons. The zero-order chi connectivity index (χ0) is 16.9. The van der Waals surface area contributed by atoms with Crippen LogP contribution in [0, 0.1) is 0 Å². The Bertz CT molecular complexity index is 790. The number of nitrogens with zero attached hydrogens (tertiary/aromatic N) is 1. The summed E-state index contributed by atoms with van der Waals surface area (Å²) in [5.74, 6) is 0.900. The number of anilines is 1. The average Bonchev–Trinajstić information content (AvgIpc) is 3.01. The van der Waals surface area contributed by atoms with Crippen molar-refractivity contribution in [3.63, 3.8) is 0 Å². The quantitative estimate of drug-likeness (QED) is 0.653. The lowest BCUT2D eigenvalue weighted by Gasteiger charge is -2.12. The van der Waals surface area contributed by atoms with Crippen molar-refractivity contribution in [2.24, 2.45) is 0 Å². The first-order valence-electron chi connectivity index (χ1n) is 8.28. The average molecular weight is 323 g/mol. The second-order valence-electron chi connectivity index (χ2n) is 6.21. The van der Waals surface area contributed by atoms with Crippen LogP contribution in [0.25, 0.3) is 10.9 Å². The molecule has 1 heterocycles. The van der Waals surface area contributed by atoms with Gasteiger partial charge in [-0.15, -0.1) is 0 Å². The number of hydrogen-bond donors (Lipinski definition) is 2. The lowest BCUT2D eigenvalue weighted by atomic mass is 10.1. The molecule has 0 saturated heterocycles. The number of H-pyrrole nitrogens is 1. The van der Waals surface area contributed by atoms with Gasteiger partial charge in [0, 0.05) is 43.4 Å². The second kappa shape index (κ2) is 7.41. The topological polar surface area (TPSA) is 40.3 Å². The van der Waals surface area contributed by atoms with Crippen molar-refractivity contribution >= 4 is 16.6 Å². The van der Waals surface area contributed by atoms with Crippen LogP contribution in [0.15, 0.2) is 48.7 Å². The highest BCUT2D eigenvalue weighted by Gasteiger charge is 2.05. The van der Waals surface area contributed by atoms with Gasteiger partial charge in [0.1, 0.15) is 5.75 Å². The van der Waals surface area contributed by atoms with E-state index in [1.165, 1.54) is 22.2 Å². The van der Waals surface area contributed by atoms with Gasteiger partial charge in [-0.1, -0.05) is 12.1 Å². The van der Waals surface area contributed by atoms with Gasteiger partial charge in [0.25, 0.3) is 0 Å². The Morgan fingerprint density at radius 1 is 1.08 bits per heavy atom. The number of rotatable bonds is 7. The smallest absolute Gasteiger partial charge is 0.119 e. The normalized spacial score (nSPS) is 11.0. The number of aromatic amines is 1. The summed E-state index contributed by atoms with van der Waals surface area (Å²) >= 11 is 0. The molecule has 0 aliphatic carbocycles. The van der Waals surface area contributed by atoms with Gasteiger partial charge in [0.2, 0.25) is 0 Å². The Labute approximate surface area is 143 Å². The van der Waals surface area contributed by atoms with Crippen molar-refractivity contribution in [2.75, 3.05) is 32.6 Å². The van der Waals surface area contributed by atoms with Crippen LogP contribution in [-0.4, -0.2) is 32.7 Å². The molecule has 1 aromatic heterocycles. The first kappa shape index (κ1) is 16.4. The standard InChI is InChI=1S/C20H25N3O/c1-23(2)17-6-4-15(5-7-17)13-21-11-10-16-14-22-20-9-8-18(24-3)12-19(16)20/h4-9,12,14,21-22H,10-11,13H2,1-3H3. The Kier molecular flexibility index (Phi) is 5.06. The number of nitrogens with one attached hydrogen (secondary N) is 2. The first-order chi connectivity index (χ1) is 11.7. The summed E-state index contributed by atoms with van der Waals surface area (Å²) in [6.45, 7) is 1.83. The van der Waals surface area contributed by atoms with E-state index in [9.17, 15) is 0 Å². The van der Waals surface area contributed by atoms with E-state index in [0.717, 1.165) is 30.8 Å². The molecule has 0 saturated carbocycles. The third-order valence-corrected chi connectivity index (χ3v) is 4.33. The van der Waals surface area contributed by atoms with Gasteiger partial charge in [0.05, 0.1) is 7.11 Å². The number of fused-ring (bicyclic) bond motifs is 1. The molecular formula is C20H25N3O. The van der Waals surface area contributed by atoms with Crippen LogP contribution in [0.1, 0.15) is 11.1 Å². The van der Waals surface area contributed by atoms with Crippen molar-refractivity contribution in [1.29, 1.82) is 0 Å². The van der Waals surface area contributed by atoms with Crippen LogP contribution in [0.2, 0.25) is 0 Å². The first-order valence-corrected chi connectivity index (χ1v) is 8.28. The van der Waals surface area contributed by atoms with Gasteiger partial charge in [0.15, 0.2) is 0 Å². The van der Waals surface area contributed by atoms with Gasteiger partial charge in [-0.05, 0) is 54.4 Å². The fourth-order valence-corrected chi connectivity index (χ4v) is 2.86. The predicted octanol–water partition coefficient (Wildman–Crippen LogP) is 3.57. The molecule has 4 heteroatoms. The molecule has 3 aromatic rings. The van der Waals surface area contributed by atoms with E-state index in [-0.39, 0.29) is 0 Å². The monoisotopic (exact) mass is 323 g/mol. The Hall–Kier alpha value is -2.46. The molecule has 3 rings (SSSR count). The number of methoxy groups -OCH3 is 1. The van der Waals surface area contributed by atoms with Gasteiger partial charge in [-0.3, -0.25) is 0 Å². The third kappa shape index (κ3) is 3.71. The van der Waals surface area contributed by atoms with Crippen molar-refractivity contribution in [3.8, 4) is 5.75 Å². The molecule has 0 bridgehead atoms. The molecule has 0 unspecified atom stereocenters. The largest absolute Gasteiger partial charge is 0.497 e. The van der Waals surface area contributed by atoms with Crippen LogP contribution in [0.4, 0.5) is 5.69 Å². The maximum atomic E-state index is 5.32. The summed E-state index contributed by atoms with van der Waals surface area (Å²) in [6, 6.07) is 14.8. The molecule has 0 fully saturated rings. The molecular weight excluding hydrogens is 298 g/mol. The summed E-state index contributed by atoms with van der Waals surface area (Å²) in [5.41, 5.74) is 5.01. The van der Waals surface area contributed by atoms with Crippen LogP contribution in [0.5, 0.6) is 5.75 Å². The molecule has 2 aromatic carbocycles. The van der Waals surface area contributed by atoms with Crippen molar-refractivity contribution in [2.45, 2.75) is 13.0 Å². The lowest BCUT2D eigenvalue weighted by Crippen LogP contribution is -2.16. The third-order valence-electron chi connectivity index (χ3n) is 4.33. The minimum atomic E-state index is 0.888. The SMILES string of the molecule is COc1ccc2[nH]cc(CCNCc3ccc(N(C)C)cc3)c2c1. The summed E-state index contributed by atoms with van der Waals surface area (Å²) in [5, 5.41) is 4.77. The summed E-state index contributed by atoms with van der Waals surface area (Å²) < 4.78 is 5.32. The number of hydrogen-bond acceptors (Lipinski definition) is 3. The molecule has 0 aliphatic rings. The maximum absolute atomic E-state index is 5.32. The van der Waals surface area contributed by atoms with E-state index in [4.69, 9.17) is 4.74 Å². The lowest BCUT2D eigenvalue weighted by molar-refractivity contribution is 0.415. The molecule has 2 N–H and O–H groups in total. The molecule has 24 heavy (non-hydrogen) atoms. The van der Waals surface area contributed by atoms with Crippen LogP contribution in [0.3, 0.4) is 0 Å². The molecule has 0 amide bonds.